The number of aryl methyl sites for hydroxylation is 1. The Morgan fingerprint density at radius 1 is 1.33 bits per heavy atom. The molecule has 0 aliphatic carbocycles. The zero-order valence-electron chi connectivity index (χ0n) is 14.0. The normalized spacial score (nSPS) is 13.5. The minimum atomic E-state index is -0.410. The molecule has 3 rings (SSSR count). The summed E-state index contributed by atoms with van der Waals surface area (Å²) in [7, 11) is 0. The summed E-state index contributed by atoms with van der Waals surface area (Å²) in [5.74, 6) is 1.74. The second-order valence-electron chi connectivity index (χ2n) is 6.04. The number of hydrogen-bond donors (Lipinski definition) is 0. The molecule has 24 heavy (non-hydrogen) atoms. The van der Waals surface area contributed by atoms with Gasteiger partial charge in [-0.25, -0.2) is 4.98 Å². The van der Waals surface area contributed by atoms with Gasteiger partial charge in [-0.1, -0.05) is 13.0 Å². The maximum Gasteiger partial charge on any atom is 0.287 e. The van der Waals surface area contributed by atoms with E-state index in [1.165, 1.54) is 17.3 Å². The Morgan fingerprint density at radius 3 is 2.88 bits per heavy atom. The van der Waals surface area contributed by atoms with Crippen LogP contribution in [0.3, 0.4) is 0 Å². The van der Waals surface area contributed by atoms with E-state index in [-0.39, 0.29) is 5.69 Å². The summed E-state index contributed by atoms with van der Waals surface area (Å²) in [5, 5.41) is 10.9. The number of hydrogen-bond acceptors (Lipinski definition) is 5. The summed E-state index contributed by atoms with van der Waals surface area (Å²) in [6.45, 7) is 6.30. The predicted molar refractivity (Wildman–Crippen MR) is 92.6 cm³/mol. The largest absolute Gasteiger partial charge is 0.494 e. The first-order chi connectivity index (χ1) is 11.6. The molecule has 1 aliphatic heterocycles. The maximum atomic E-state index is 10.9. The molecule has 0 unspecified atom stereocenters. The van der Waals surface area contributed by atoms with Gasteiger partial charge in [0.25, 0.3) is 5.69 Å². The summed E-state index contributed by atoms with van der Waals surface area (Å²) in [4.78, 5) is 16.9. The highest BCUT2D eigenvalue weighted by Crippen LogP contribution is 2.29. The number of ether oxygens (including phenoxy) is 1. The van der Waals surface area contributed by atoms with Gasteiger partial charge in [0.2, 0.25) is 0 Å². The lowest BCUT2D eigenvalue weighted by Gasteiger charge is -2.31. The van der Waals surface area contributed by atoms with Crippen molar-refractivity contribution in [1.29, 1.82) is 0 Å². The van der Waals surface area contributed by atoms with E-state index in [0.717, 1.165) is 49.7 Å². The van der Waals surface area contributed by atoms with Gasteiger partial charge in [-0.3, -0.25) is 10.1 Å². The van der Waals surface area contributed by atoms with Gasteiger partial charge in [-0.2, -0.15) is 0 Å². The minimum Gasteiger partial charge on any atom is -0.494 e. The van der Waals surface area contributed by atoms with Crippen LogP contribution in [0.2, 0.25) is 0 Å². The van der Waals surface area contributed by atoms with E-state index >= 15 is 0 Å². The third kappa shape index (κ3) is 3.32. The highest BCUT2D eigenvalue weighted by molar-refractivity contribution is 5.53. The third-order valence-corrected chi connectivity index (χ3v) is 4.21. The van der Waals surface area contributed by atoms with E-state index in [0.29, 0.717) is 0 Å². The van der Waals surface area contributed by atoms with Crippen LogP contribution in [0.1, 0.15) is 30.0 Å². The van der Waals surface area contributed by atoms with Crippen molar-refractivity contribution in [3.63, 3.8) is 0 Å². The molecule has 0 N–H and O–H groups in total. The Hall–Kier alpha value is -2.63. The fourth-order valence-electron chi connectivity index (χ4n) is 3.00. The Bertz CT molecular complexity index is 761. The van der Waals surface area contributed by atoms with Crippen molar-refractivity contribution in [3.8, 4) is 5.75 Å². The van der Waals surface area contributed by atoms with E-state index in [2.05, 4.69) is 28.9 Å². The molecule has 1 aromatic carbocycles. The highest BCUT2D eigenvalue weighted by atomic mass is 16.6. The number of benzene rings is 1. The van der Waals surface area contributed by atoms with Crippen molar-refractivity contribution < 1.29 is 9.66 Å². The Morgan fingerprint density at radius 2 is 2.17 bits per heavy atom. The van der Waals surface area contributed by atoms with Gasteiger partial charge in [0, 0.05) is 19.2 Å². The highest BCUT2D eigenvalue weighted by Gasteiger charge is 2.20. The molecule has 1 aliphatic rings. The molecule has 0 amide bonds. The molecule has 0 fully saturated rings. The van der Waals surface area contributed by atoms with Crippen molar-refractivity contribution in [2.24, 2.45) is 0 Å². The second-order valence-corrected chi connectivity index (χ2v) is 6.04. The maximum absolute atomic E-state index is 10.9. The molecule has 126 valence electrons. The zero-order chi connectivity index (χ0) is 17.1. The molecule has 0 radical (unpaired) electrons. The van der Waals surface area contributed by atoms with E-state index in [4.69, 9.17) is 4.74 Å². The molecule has 1 aromatic heterocycles. The summed E-state index contributed by atoms with van der Waals surface area (Å²) < 4.78 is 5.70. The fourth-order valence-corrected chi connectivity index (χ4v) is 3.00. The van der Waals surface area contributed by atoms with Crippen LogP contribution in [0.5, 0.6) is 5.75 Å². The molecule has 0 atom stereocenters. The van der Waals surface area contributed by atoms with Gasteiger partial charge >= 0.3 is 0 Å². The number of aromatic nitrogens is 1. The SMILES string of the molecule is CCCOc1ccc2c(c1)CCN(c1ncc([N+](=O)[O-])cc1C)C2. The summed E-state index contributed by atoms with van der Waals surface area (Å²) in [5.41, 5.74) is 3.42. The predicted octanol–water partition coefficient (Wildman–Crippen LogP) is 3.65. The molecule has 0 saturated carbocycles. The Kier molecular flexibility index (Phi) is 4.64. The molecule has 0 spiro atoms. The molecular weight excluding hydrogens is 306 g/mol. The number of fused-ring (bicyclic) bond motifs is 1. The fraction of sp³-hybridized carbons (Fsp3) is 0.389. The molecule has 6 heteroatoms. The van der Waals surface area contributed by atoms with E-state index in [1.54, 1.807) is 6.07 Å². The third-order valence-electron chi connectivity index (χ3n) is 4.21. The van der Waals surface area contributed by atoms with Gasteiger partial charge in [0.1, 0.15) is 17.8 Å². The molecule has 0 saturated heterocycles. The van der Waals surface area contributed by atoms with Crippen molar-refractivity contribution in [2.45, 2.75) is 33.2 Å². The number of nitro groups is 1. The summed E-state index contributed by atoms with van der Waals surface area (Å²) in [6, 6.07) is 7.82. The van der Waals surface area contributed by atoms with Crippen LogP contribution in [0.4, 0.5) is 11.5 Å². The lowest BCUT2D eigenvalue weighted by Crippen LogP contribution is -2.31. The topological polar surface area (TPSA) is 68.5 Å². The van der Waals surface area contributed by atoms with Crippen LogP contribution in [0.15, 0.2) is 30.5 Å². The number of pyridine rings is 1. The minimum absolute atomic E-state index is 0.0337. The van der Waals surface area contributed by atoms with Gasteiger partial charge in [-0.15, -0.1) is 0 Å². The second kappa shape index (κ2) is 6.86. The van der Waals surface area contributed by atoms with Gasteiger partial charge in [0.15, 0.2) is 0 Å². The van der Waals surface area contributed by atoms with Gasteiger partial charge in [0.05, 0.1) is 11.5 Å². The van der Waals surface area contributed by atoms with Crippen molar-refractivity contribution >= 4 is 11.5 Å². The van der Waals surface area contributed by atoms with Gasteiger partial charge in [-0.05, 0) is 48.6 Å². The van der Waals surface area contributed by atoms with Crippen LogP contribution in [-0.2, 0) is 13.0 Å². The van der Waals surface area contributed by atoms with Crippen molar-refractivity contribution in [2.75, 3.05) is 18.1 Å². The monoisotopic (exact) mass is 327 g/mol. The Balaban J connectivity index is 1.79. The molecular formula is C18H21N3O3. The quantitative estimate of drug-likeness (QED) is 0.619. The average Bonchev–Trinajstić information content (AvgIpc) is 2.59. The smallest absolute Gasteiger partial charge is 0.287 e. The average molecular weight is 327 g/mol. The zero-order valence-corrected chi connectivity index (χ0v) is 14.0. The van der Waals surface area contributed by atoms with Crippen LogP contribution >= 0.6 is 0 Å². The lowest BCUT2D eigenvalue weighted by atomic mass is 9.99. The Labute approximate surface area is 141 Å². The lowest BCUT2D eigenvalue weighted by molar-refractivity contribution is -0.385. The first-order valence-electron chi connectivity index (χ1n) is 8.19. The standard InChI is InChI=1S/C18H21N3O3/c1-3-8-24-17-5-4-15-12-20(7-6-14(15)10-17)18-13(2)9-16(11-19-18)21(22)23/h4-5,9-11H,3,6-8,12H2,1-2H3. The summed E-state index contributed by atoms with van der Waals surface area (Å²) >= 11 is 0. The van der Waals surface area contributed by atoms with Crippen molar-refractivity contribution in [3.05, 3.63) is 57.3 Å². The molecule has 2 heterocycles. The van der Waals surface area contributed by atoms with Gasteiger partial charge < -0.3 is 9.64 Å². The van der Waals surface area contributed by atoms with E-state index in [9.17, 15) is 10.1 Å². The van der Waals surface area contributed by atoms with Crippen LogP contribution < -0.4 is 9.64 Å². The molecule has 2 aromatic rings. The van der Waals surface area contributed by atoms with Crippen LogP contribution in [0.25, 0.3) is 0 Å². The molecule has 6 nitrogen and oxygen atoms in total. The van der Waals surface area contributed by atoms with Crippen molar-refractivity contribution in [1.82, 2.24) is 4.98 Å². The summed E-state index contributed by atoms with van der Waals surface area (Å²) in [6.07, 6.45) is 3.24. The van der Waals surface area contributed by atoms with E-state index < -0.39 is 4.92 Å². The van der Waals surface area contributed by atoms with Crippen LogP contribution in [-0.4, -0.2) is 23.1 Å². The number of rotatable bonds is 5. The number of nitrogens with zero attached hydrogens (tertiary/aromatic N) is 3. The van der Waals surface area contributed by atoms with Crippen LogP contribution in [0, 0.1) is 17.0 Å². The molecule has 0 bridgehead atoms. The van der Waals surface area contributed by atoms with E-state index in [1.807, 2.05) is 13.0 Å². The number of anilines is 1. The first kappa shape index (κ1) is 16.2. The first-order valence-corrected chi connectivity index (χ1v) is 8.19.